The summed E-state index contributed by atoms with van der Waals surface area (Å²) >= 11 is 0. The summed E-state index contributed by atoms with van der Waals surface area (Å²) in [5.74, 6) is 0.369. The topological polar surface area (TPSA) is 91.7 Å². The van der Waals surface area contributed by atoms with Gasteiger partial charge in [-0.1, -0.05) is 6.92 Å². The summed E-state index contributed by atoms with van der Waals surface area (Å²) < 4.78 is 29.9. The van der Waals surface area contributed by atoms with Gasteiger partial charge >= 0.3 is 0 Å². The van der Waals surface area contributed by atoms with Gasteiger partial charge in [-0.15, -0.1) is 0 Å². The lowest BCUT2D eigenvalue weighted by Crippen LogP contribution is -2.33. The molecule has 0 atom stereocenters. The van der Waals surface area contributed by atoms with Crippen molar-refractivity contribution >= 4 is 15.9 Å². The Kier molecular flexibility index (Phi) is 6.18. The van der Waals surface area contributed by atoms with Crippen molar-refractivity contribution in [1.82, 2.24) is 14.9 Å². The molecule has 1 aromatic heterocycles. The molecule has 1 rings (SSSR count). The smallest absolute Gasteiger partial charge is 0.275 e. The van der Waals surface area contributed by atoms with Crippen LogP contribution in [0.1, 0.15) is 19.1 Å². The van der Waals surface area contributed by atoms with Crippen LogP contribution >= 0.6 is 0 Å². The van der Waals surface area contributed by atoms with Gasteiger partial charge in [0.1, 0.15) is 5.76 Å². The molecule has 0 aliphatic heterocycles. The van der Waals surface area contributed by atoms with E-state index in [4.69, 9.17) is 4.42 Å². The lowest BCUT2D eigenvalue weighted by Gasteiger charge is -2.08. The van der Waals surface area contributed by atoms with E-state index in [-0.39, 0.29) is 17.5 Å². The van der Waals surface area contributed by atoms with Crippen molar-refractivity contribution < 1.29 is 17.6 Å². The van der Waals surface area contributed by atoms with Crippen molar-refractivity contribution in [2.75, 3.05) is 27.2 Å². The van der Waals surface area contributed by atoms with E-state index in [1.165, 1.54) is 20.2 Å². The molecule has 0 spiro atoms. The number of carbonyl (C=O) groups excluding carboxylic acids is 1. The van der Waals surface area contributed by atoms with Crippen molar-refractivity contribution in [3.8, 4) is 0 Å². The molecule has 8 heteroatoms. The Morgan fingerprint density at radius 3 is 2.65 bits per heavy atom. The lowest BCUT2D eigenvalue weighted by atomic mass is 10.4. The van der Waals surface area contributed by atoms with E-state index in [9.17, 15) is 13.2 Å². The molecule has 114 valence electrons. The van der Waals surface area contributed by atoms with Gasteiger partial charge in [0, 0.05) is 20.6 Å². The Bertz CT molecular complexity index is 537. The highest BCUT2D eigenvalue weighted by Crippen LogP contribution is 2.16. The SMILES string of the molecule is CCCNC(=O)CNCc1ccc(S(=O)(=O)N(C)C)o1. The first kappa shape index (κ1) is 16.7. The molecule has 1 heterocycles. The number of hydrogen-bond acceptors (Lipinski definition) is 5. The number of sulfonamides is 1. The Morgan fingerprint density at radius 2 is 2.05 bits per heavy atom. The average Bonchev–Trinajstić information content (AvgIpc) is 2.85. The molecule has 0 bridgehead atoms. The zero-order valence-corrected chi connectivity index (χ0v) is 12.8. The molecule has 0 fully saturated rings. The van der Waals surface area contributed by atoms with Crippen LogP contribution in [0.2, 0.25) is 0 Å². The van der Waals surface area contributed by atoms with Crippen molar-refractivity contribution in [3.63, 3.8) is 0 Å². The summed E-state index contributed by atoms with van der Waals surface area (Å²) in [6, 6.07) is 2.98. The number of hydrogen-bond donors (Lipinski definition) is 2. The molecule has 20 heavy (non-hydrogen) atoms. The molecule has 0 aromatic carbocycles. The summed E-state index contributed by atoms with van der Waals surface area (Å²) in [6.07, 6.45) is 0.885. The van der Waals surface area contributed by atoms with Crippen molar-refractivity contribution in [3.05, 3.63) is 17.9 Å². The van der Waals surface area contributed by atoms with Crippen LogP contribution in [0.4, 0.5) is 0 Å². The monoisotopic (exact) mass is 303 g/mol. The fourth-order valence-electron chi connectivity index (χ4n) is 1.40. The molecular formula is C12H21N3O4S. The maximum absolute atomic E-state index is 11.8. The first-order chi connectivity index (χ1) is 9.37. The minimum absolute atomic E-state index is 0.0976. The molecule has 0 radical (unpaired) electrons. The summed E-state index contributed by atoms with van der Waals surface area (Å²) in [6.45, 7) is 3.08. The Labute approximate surface area is 119 Å². The zero-order valence-electron chi connectivity index (χ0n) is 12.0. The number of amides is 1. The van der Waals surface area contributed by atoms with Gasteiger partial charge in [-0.25, -0.2) is 12.7 Å². The van der Waals surface area contributed by atoms with Gasteiger partial charge in [0.2, 0.25) is 11.0 Å². The van der Waals surface area contributed by atoms with Gasteiger partial charge in [-0.2, -0.15) is 0 Å². The third-order valence-corrected chi connectivity index (χ3v) is 4.22. The first-order valence-electron chi connectivity index (χ1n) is 6.36. The average molecular weight is 303 g/mol. The van der Waals surface area contributed by atoms with Crippen LogP contribution in [-0.4, -0.2) is 45.8 Å². The van der Waals surface area contributed by atoms with Crippen LogP contribution in [0, 0.1) is 0 Å². The lowest BCUT2D eigenvalue weighted by molar-refractivity contribution is -0.120. The molecule has 2 N–H and O–H groups in total. The molecule has 7 nitrogen and oxygen atoms in total. The molecule has 0 aliphatic carbocycles. The summed E-state index contributed by atoms with van der Waals surface area (Å²) in [5.41, 5.74) is 0. The van der Waals surface area contributed by atoms with Crippen LogP contribution in [0.25, 0.3) is 0 Å². The van der Waals surface area contributed by atoms with Crippen LogP contribution in [0.5, 0.6) is 0 Å². The predicted octanol–water partition coefficient (Wildman–Crippen LogP) is 0.146. The van der Waals surface area contributed by atoms with Crippen LogP contribution in [-0.2, 0) is 21.4 Å². The number of furan rings is 1. The normalized spacial score (nSPS) is 11.8. The van der Waals surface area contributed by atoms with E-state index >= 15 is 0 Å². The Balaban J connectivity index is 2.48. The number of nitrogens with one attached hydrogen (secondary N) is 2. The summed E-state index contributed by atoms with van der Waals surface area (Å²) in [4.78, 5) is 11.3. The van der Waals surface area contributed by atoms with E-state index in [1.807, 2.05) is 6.92 Å². The third kappa shape index (κ3) is 4.62. The quantitative estimate of drug-likeness (QED) is 0.713. The van der Waals surface area contributed by atoms with E-state index in [1.54, 1.807) is 6.07 Å². The van der Waals surface area contributed by atoms with Gasteiger partial charge in [-0.3, -0.25) is 4.79 Å². The van der Waals surface area contributed by atoms with E-state index in [0.717, 1.165) is 10.7 Å². The minimum Gasteiger partial charge on any atom is -0.447 e. The second-order valence-corrected chi connectivity index (χ2v) is 6.54. The van der Waals surface area contributed by atoms with E-state index in [0.29, 0.717) is 18.8 Å². The Hall–Kier alpha value is -1.38. The van der Waals surface area contributed by atoms with Crippen molar-refractivity contribution in [1.29, 1.82) is 0 Å². The van der Waals surface area contributed by atoms with Crippen LogP contribution in [0.3, 0.4) is 0 Å². The third-order valence-electron chi connectivity index (χ3n) is 2.53. The van der Waals surface area contributed by atoms with Gasteiger partial charge in [0.25, 0.3) is 10.0 Å². The summed E-state index contributed by atoms with van der Waals surface area (Å²) in [7, 11) is -0.673. The molecule has 0 aliphatic rings. The van der Waals surface area contributed by atoms with Crippen LogP contribution in [0.15, 0.2) is 21.6 Å². The highest BCUT2D eigenvalue weighted by atomic mass is 32.2. The molecule has 1 amide bonds. The summed E-state index contributed by atoms with van der Waals surface area (Å²) in [5, 5.41) is 5.52. The Morgan fingerprint density at radius 1 is 1.35 bits per heavy atom. The maximum atomic E-state index is 11.8. The number of carbonyl (C=O) groups is 1. The fraction of sp³-hybridized carbons (Fsp3) is 0.583. The maximum Gasteiger partial charge on any atom is 0.275 e. The molecular weight excluding hydrogens is 282 g/mol. The second-order valence-electron chi connectivity index (χ2n) is 4.46. The van der Waals surface area contributed by atoms with Gasteiger partial charge in [-0.05, 0) is 18.6 Å². The zero-order chi connectivity index (χ0) is 15.2. The van der Waals surface area contributed by atoms with Crippen molar-refractivity contribution in [2.24, 2.45) is 0 Å². The standard InChI is InChI=1S/C12H21N3O4S/c1-4-7-14-11(16)9-13-8-10-5-6-12(19-10)20(17,18)15(2)3/h5-6,13H,4,7-9H2,1-3H3,(H,14,16). The van der Waals surface area contributed by atoms with Gasteiger partial charge < -0.3 is 15.1 Å². The number of rotatable bonds is 8. The van der Waals surface area contributed by atoms with E-state index < -0.39 is 10.0 Å². The largest absolute Gasteiger partial charge is 0.447 e. The second kappa shape index (κ2) is 7.41. The van der Waals surface area contributed by atoms with Crippen molar-refractivity contribution in [2.45, 2.75) is 25.0 Å². The first-order valence-corrected chi connectivity index (χ1v) is 7.80. The van der Waals surface area contributed by atoms with E-state index in [2.05, 4.69) is 10.6 Å². The molecule has 0 saturated heterocycles. The predicted molar refractivity (Wildman–Crippen MR) is 74.6 cm³/mol. The fourth-order valence-corrected chi connectivity index (χ4v) is 2.21. The van der Waals surface area contributed by atoms with Crippen LogP contribution < -0.4 is 10.6 Å². The van der Waals surface area contributed by atoms with Gasteiger partial charge in [0.15, 0.2) is 0 Å². The number of nitrogens with zero attached hydrogens (tertiary/aromatic N) is 1. The minimum atomic E-state index is -3.55. The molecule has 0 unspecified atom stereocenters. The van der Waals surface area contributed by atoms with Gasteiger partial charge in [0.05, 0.1) is 13.1 Å². The highest BCUT2D eigenvalue weighted by Gasteiger charge is 2.21. The molecule has 1 aromatic rings. The molecule has 0 saturated carbocycles. The highest BCUT2D eigenvalue weighted by molar-refractivity contribution is 7.88.